The fraction of sp³-hybridized carbons (Fsp3) is 0.333. The number of H-pyrrole nitrogens is 1. The molecule has 1 aromatic heterocycles. The van der Waals surface area contributed by atoms with Crippen molar-refractivity contribution in [3.05, 3.63) is 51.6 Å². The van der Waals surface area contributed by atoms with E-state index in [9.17, 15) is 0 Å². The predicted octanol–water partition coefficient (Wildman–Crippen LogP) is 1.39. The lowest BCUT2D eigenvalue weighted by Crippen LogP contribution is -3.00. The van der Waals surface area contributed by atoms with E-state index in [4.69, 9.17) is 14.2 Å². The first-order valence-electron chi connectivity index (χ1n) is 9.08. The van der Waals surface area contributed by atoms with Gasteiger partial charge in [-0.2, -0.15) is 0 Å². The third-order valence-electron chi connectivity index (χ3n) is 5.85. The number of quaternary nitrogens is 1. The second-order valence-corrected chi connectivity index (χ2v) is 8.72. The molecule has 2 aliphatic heterocycles. The molecule has 1 N–H and O–H groups in total. The summed E-state index contributed by atoms with van der Waals surface area (Å²) >= 11 is 3.62. The van der Waals surface area contributed by atoms with E-state index < -0.39 is 0 Å². The maximum absolute atomic E-state index is 5.88. The summed E-state index contributed by atoms with van der Waals surface area (Å²) in [6.07, 6.45) is 3.12. The molecule has 2 aromatic carbocycles. The maximum atomic E-state index is 5.88. The summed E-state index contributed by atoms with van der Waals surface area (Å²) in [5, 5.41) is 1.23. The molecule has 0 bridgehead atoms. The van der Waals surface area contributed by atoms with E-state index in [0.29, 0.717) is 0 Å². The van der Waals surface area contributed by atoms with E-state index in [1.165, 1.54) is 22.1 Å². The third kappa shape index (κ3) is 2.90. The molecule has 0 saturated heterocycles. The van der Waals surface area contributed by atoms with Crippen molar-refractivity contribution in [2.24, 2.45) is 0 Å². The molecule has 3 heterocycles. The molecular formula is C21H22BrIN2O3. The van der Waals surface area contributed by atoms with Crippen molar-refractivity contribution in [1.82, 2.24) is 4.98 Å². The molecule has 7 heteroatoms. The highest BCUT2D eigenvalue weighted by molar-refractivity contribution is 9.10. The second-order valence-electron chi connectivity index (χ2n) is 7.81. The van der Waals surface area contributed by atoms with Gasteiger partial charge in [-0.05, 0) is 29.8 Å². The van der Waals surface area contributed by atoms with E-state index in [1.807, 2.05) is 0 Å². The highest BCUT2D eigenvalue weighted by Crippen LogP contribution is 2.52. The number of halogens is 2. The van der Waals surface area contributed by atoms with Crippen LogP contribution < -0.4 is 38.2 Å². The molecule has 1 unspecified atom stereocenters. The van der Waals surface area contributed by atoms with Crippen LogP contribution in [0.25, 0.3) is 10.9 Å². The van der Waals surface area contributed by atoms with Crippen LogP contribution in [0.1, 0.15) is 22.7 Å². The molecule has 1 atom stereocenters. The molecule has 0 spiro atoms. The molecule has 5 rings (SSSR count). The summed E-state index contributed by atoms with van der Waals surface area (Å²) in [7, 11) is 6.29. The molecule has 0 aliphatic carbocycles. The Bertz CT molecular complexity index is 1060. The first kappa shape index (κ1) is 19.8. The van der Waals surface area contributed by atoms with Crippen LogP contribution in [0, 0.1) is 0 Å². The van der Waals surface area contributed by atoms with Gasteiger partial charge in [-0.1, -0.05) is 15.9 Å². The summed E-state index contributed by atoms with van der Waals surface area (Å²) in [6.45, 7) is 1.29. The Morgan fingerprint density at radius 1 is 1.21 bits per heavy atom. The fourth-order valence-corrected chi connectivity index (χ4v) is 4.91. The third-order valence-corrected chi connectivity index (χ3v) is 6.34. The number of hydrogen-bond donors (Lipinski definition) is 1. The van der Waals surface area contributed by atoms with Crippen molar-refractivity contribution < 1.29 is 42.7 Å². The smallest absolute Gasteiger partial charge is 0.231 e. The molecule has 28 heavy (non-hydrogen) atoms. The van der Waals surface area contributed by atoms with Crippen LogP contribution in [0.2, 0.25) is 0 Å². The average Bonchev–Trinajstić information content (AvgIpc) is 3.26. The van der Waals surface area contributed by atoms with Crippen LogP contribution in [0.15, 0.2) is 34.9 Å². The maximum Gasteiger partial charge on any atom is 0.231 e. The molecule has 5 nitrogen and oxygen atoms in total. The van der Waals surface area contributed by atoms with E-state index in [-0.39, 0.29) is 36.8 Å². The minimum absolute atomic E-state index is 0. The van der Waals surface area contributed by atoms with E-state index in [2.05, 4.69) is 65.5 Å². The van der Waals surface area contributed by atoms with Gasteiger partial charge in [0.2, 0.25) is 12.5 Å². The standard InChI is InChI=1S/C21H22BrN2O3.HI/c1-24(2)7-6-12-8-17-20(27-11-26-17)21(25-3)18(12)19(24)15-10-23-16-5-4-13(22)9-14(15)16;/h4-5,8-10,19,23H,6-7,11H2,1-3H3;1H/q+1;/p-1. The van der Waals surface area contributed by atoms with Gasteiger partial charge in [0.25, 0.3) is 0 Å². The molecule has 3 aromatic rings. The largest absolute Gasteiger partial charge is 1.00 e. The Balaban J connectivity index is 0.00000192. The van der Waals surface area contributed by atoms with Gasteiger partial charge in [-0.25, -0.2) is 0 Å². The van der Waals surface area contributed by atoms with Crippen LogP contribution in [0.4, 0.5) is 0 Å². The van der Waals surface area contributed by atoms with Crippen molar-refractivity contribution in [1.29, 1.82) is 0 Å². The molecular weight excluding hydrogens is 535 g/mol. The Morgan fingerprint density at radius 2 is 2.04 bits per heavy atom. The molecule has 148 valence electrons. The Morgan fingerprint density at radius 3 is 2.82 bits per heavy atom. The first-order chi connectivity index (χ1) is 13.0. The molecule has 0 saturated carbocycles. The van der Waals surface area contributed by atoms with Gasteiger partial charge in [0.15, 0.2) is 11.5 Å². The average molecular weight is 557 g/mol. The van der Waals surface area contributed by atoms with E-state index >= 15 is 0 Å². The van der Waals surface area contributed by atoms with Gasteiger partial charge in [0, 0.05) is 33.6 Å². The number of aromatic amines is 1. The number of ether oxygens (including phenoxy) is 3. The minimum atomic E-state index is 0. The van der Waals surface area contributed by atoms with Gasteiger partial charge < -0.3 is 47.7 Å². The summed E-state index contributed by atoms with van der Waals surface area (Å²) in [6, 6.07) is 8.65. The zero-order valence-corrected chi connectivity index (χ0v) is 19.8. The molecule has 2 aliphatic rings. The van der Waals surface area contributed by atoms with E-state index in [0.717, 1.165) is 44.7 Å². The Labute approximate surface area is 189 Å². The summed E-state index contributed by atoms with van der Waals surface area (Å²) < 4.78 is 19.2. The van der Waals surface area contributed by atoms with Gasteiger partial charge in [0.1, 0.15) is 6.04 Å². The number of fused-ring (bicyclic) bond motifs is 3. The van der Waals surface area contributed by atoms with Crippen molar-refractivity contribution in [3.63, 3.8) is 0 Å². The number of benzene rings is 2. The second kappa shape index (κ2) is 7.11. The highest BCUT2D eigenvalue weighted by Gasteiger charge is 2.43. The number of methoxy groups -OCH3 is 1. The van der Waals surface area contributed by atoms with Crippen LogP contribution in [-0.4, -0.2) is 44.0 Å². The summed E-state index contributed by atoms with van der Waals surface area (Å²) in [4.78, 5) is 3.44. The number of aromatic nitrogens is 1. The zero-order chi connectivity index (χ0) is 18.8. The normalized spacial score (nSPS) is 19.2. The Kier molecular flexibility index (Phi) is 5.04. The van der Waals surface area contributed by atoms with Crippen molar-refractivity contribution in [3.8, 4) is 17.2 Å². The van der Waals surface area contributed by atoms with Gasteiger partial charge in [-0.15, -0.1) is 0 Å². The summed E-state index contributed by atoms with van der Waals surface area (Å²) in [5.41, 5.74) is 4.90. The first-order valence-corrected chi connectivity index (χ1v) is 9.87. The topological polar surface area (TPSA) is 43.5 Å². The van der Waals surface area contributed by atoms with Crippen molar-refractivity contribution >= 4 is 26.8 Å². The molecule has 0 amide bonds. The minimum Gasteiger partial charge on any atom is -1.00 e. The van der Waals surface area contributed by atoms with Crippen molar-refractivity contribution in [2.45, 2.75) is 12.5 Å². The van der Waals surface area contributed by atoms with Gasteiger partial charge in [-0.3, -0.25) is 0 Å². The monoisotopic (exact) mass is 556 g/mol. The highest BCUT2D eigenvalue weighted by atomic mass is 127. The Hall–Kier alpha value is -1.45. The number of nitrogens with one attached hydrogen (secondary N) is 1. The fourth-order valence-electron chi connectivity index (χ4n) is 4.55. The van der Waals surface area contributed by atoms with Crippen LogP contribution in [0.5, 0.6) is 17.2 Å². The van der Waals surface area contributed by atoms with Crippen LogP contribution in [0.3, 0.4) is 0 Å². The lowest BCUT2D eigenvalue weighted by molar-refractivity contribution is -0.917. The summed E-state index contributed by atoms with van der Waals surface area (Å²) in [5.74, 6) is 2.32. The number of nitrogens with zero attached hydrogens (tertiary/aromatic N) is 1. The SMILES string of the molecule is COc1c2c(cc3c1C(c1c[nH]c4ccc(Br)cc14)[N+](C)(C)CC3)OCO2.[I-]. The van der Waals surface area contributed by atoms with Crippen LogP contribution in [-0.2, 0) is 6.42 Å². The predicted molar refractivity (Wildman–Crippen MR) is 108 cm³/mol. The number of hydrogen-bond acceptors (Lipinski definition) is 3. The lowest BCUT2D eigenvalue weighted by Gasteiger charge is -2.43. The molecule has 0 radical (unpaired) electrons. The zero-order valence-electron chi connectivity index (χ0n) is 16.0. The van der Waals surface area contributed by atoms with E-state index in [1.54, 1.807) is 7.11 Å². The molecule has 0 fully saturated rings. The number of likely N-dealkylation sites (N-methyl/N-ethyl adjacent to an activating group) is 1. The quantitative estimate of drug-likeness (QED) is 0.383. The van der Waals surface area contributed by atoms with Gasteiger partial charge >= 0.3 is 0 Å². The lowest BCUT2D eigenvalue weighted by atomic mass is 9.85. The van der Waals surface area contributed by atoms with Gasteiger partial charge in [0.05, 0.1) is 33.3 Å². The number of rotatable bonds is 2. The van der Waals surface area contributed by atoms with Crippen LogP contribution >= 0.6 is 15.9 Å². The van der Waals surface area contributed by atoms with Crippen molar-refractivity contribution in [2.75, 3.05) is 34.5 Å².